The normalized spacial score (nSPS) is 14.4. The number of aliphatic carboxylic acids is 1. The van der Waals surface area contributed by atoms with Crippen molar-refractivity contribution in [3.05, 3.63) is 89.0 Å². The number of nitrogens with one attached hydrogen (secondary N) is 2. The number of carboxylic acids is 1. The maximum atomic E-state index is 12.5. The first-order chi connectivity index (χ1) is 15.7. The van der Waals surface area contributed by atoms with Crippen LogP contribution in [-0.2, 0) is 20.8 Å². The van der Waals surface area contributed by atoms with Crippen molar-refractivity contribution < 1.29 is 19.5 Å². The molecule has 0 bridgehead atoms. The number of carboxylic acid groups (broad SMARTS) is 1. The van der Waals surface area contributed by atoms with Gasteiger partial charge in [0.1, 0.15) is 6.04 Å². The summed E-state index contributed by atoms with van der Waals surface area (Å²) in [6.07, 6.45) is 6.52. The van der Waals surface area contributed by atoms with E-state index in [0.717, 1.165) is 17.6 Å². The average molecular weight is 449 g/mol. The van der Waals surface area contributed by atoms with E-state index in [1.165, 1.54) is 25.0 Å². The molecule has 6 heteroatoms. The molecule has 2 aromatic carbocycles. The summed E-state index contributed by atoms with van der Waals surface area (Å²) in [7, 11) is 0. The molecule has 0 radical (unpaired) electrons. The van der Waals surface area contributed by atoms with E-state index in [9.17, 15) is 14.4 Å². The van der Waals surface area contributed by atoms with Crippen LogP contribution in [0.4, 0.5) is 0 Å². The second kappa shape index (κ2) is 12.4. The van der Waals surface area contributed by atoms with Gasteiger partial charge in [0.25, 0.3) is 0 Å². The third-order valence-electron chi connectivity index (χ3n) is 5.29. The summed E-state index contributed by atoms with van der Waals surface area (Å²) in [5, 5.41) is 14.2. The van der Waals surface area contributed by atoms with Crippen molar-refractivity contribution in [2.24, 2.45) is 5.92 Å². The van der Waals surface area contributed by atoms with Crippen LogP contribution in [0, 0.1) is 5.92 Å². The number of benzene rings is 2. The van der Waals surface area contributed by atoms with Gasteiger partial charge in [0.05, 0.1) is 12.0 Å². The number of carbonyl (C=O) groups excluding carboxylic acids is 2. The van der Waals surface area contributed by atoms with Crippen molar-refractivity contribution in [2.75, 3.05) is 0 Å². The zero-order valence-electron chi connectivity index (χ0n) is 19.5. The second-order valence-corrected chi connectivity index (χ2v) is 8.19. The molecule has 0 heterocycles. The molecule has 3 N–H and O–H groups in total. The fourth-order valence-electron chi connectivity index (χ4n) is 3.34. The molecule has 2 rings (SSSR count). The molecule has 0 aromatic heterocycles. The Morgan fingerprint density at radius 3 is 2.21 bits per heavy atom. The van der Waals surface area contributed by atoms with Gasteiger partial charge >= 0.3 is 5.97 Å². The Morgan fingerprint density at radius 1 is 0.939 bits per heavy atom. The van der Waals surface area contributed by atoms with Crippen LogP contribution < -0.4 is 10.6 Å². The summed E-state index contributed by atoms with van der Waals surface area (Å²) < 4.78 is 0. The van der Waals surface area contributed by atoms with Gasteiger partial charge in [0.15, 0.2) is 0 Å². The highest BCUT2D eigenvalue weighted by Crippen LogP contribution is 2.18. The molecule has 2 amide bonds. The number of allylic oxidation sites excluding steroid dienone is 2. The topological polar surface area (TPSA) is 95.5 Å². The van der Waals surface area contributed by atoms with Crippen LogP contribution in [0.1, 0.15) is 44.4 Å². The van der Waals surface area contributed by atoms with Crippen LogP contribution in [0.2, 0.25) is 0 Å². The largest absolute Gasteiger partial charge is 0.480 e. The van der Waals surface area contributed by atoms with E-state index in [1.807, 2.05) is 43.3 Å². The van der Waals surface area contributed by atoms with Crippen LogP contribution in [-0.4, -0.2) is 35.0 Å². The Morgan fingerprint density at radius 2 is 1.58 bits per heavy atom. The zero-order valence-corrected chi connectivity index (χ0v) is 19.5. The van der Waals surface area contributed by atoms with Gasteiger partial charge in [0, 0.05) is 6.92 Å². The number of hydrogen-bond donors (Lipinski definition) is 3. The second-order valence-electron chi connectivity index (χ2n) is 8.19. The minimum Gasteiger partial charge on any atom is -0.480 e. The molecule has 0 saturated heterocycles. The van der Waals surface area contributed by atoms with Gasteiger partial charge in [0.2, 0.25) is 11.8 Å². The smallest absolute Gasteiger partial charge is 0.325 e. The van der Waals surface area contributed by atoms with E-state index in [1.54, 1.807) is 13.0 Å². The predicted octanol–water partition coefficient (Wildman–Crippen LogP) is 3.97. The van der Waals surface area contributed by atoms with Gasteiger partial charge in [-0.15, -0.1) is 0 Å². The highest BCUT2D eigenvalue weighted by molar-refractivity contribution is 5.85. The number of carbonyl (C=O) groups is 3. The predicted molar refractivity (Wildman–Crippen MR) is 130 cm³/mol. The summed E-state index contributed by atoms with van der Waals surface area (Å²) in [5.74, 6) is -2.48. The van der Waals surface area contributed by atoms with Crippen LogP contribution in [0.5, 0.6) is 0 Å². The highest BCUT2D eigenvalue weighted by atomic mass is 16.4. The Kier molecular flexibility index (Phi) is 9.61. The summed E-state index contributed by atoms with van der Waals surface area (Å²) >= 11 is 0. The summed E-state index contributed by atoms with van der Waals surface area (Å²) in [6.45, 7) is 6.39. The molecule has 0 aliphatic rings. The van der Waals surface area contributed by atoms with Crippen molar-refractivity contribution >= 4 is 23.9 Å². The summed E-state index contributed by atoms with van der Waals surface area (Å²) in [6, 6.07) is 16.8. The van der Waals surface area contributed by atoms with E-state index in [-0.39, 0.29) is 5.91 Å². The molecule has 174 valence electrons. The van der Waals surface area contributed by atoms with Crippen LogP contribution >= 0.6 is 0 Å². The molecular formula is C27H32N2O4. The molecular weight excluding hydrogens is 416 g/mol. The lowest BCUT2D eigenvalue weighted by atomic mass is 9.97. The Hall–Kier alpha value is -3.67. The molecule has 0 aliphatic carbocycles. The number of amides is 2. The first kappa shape index (κ1) is 25.6. The molecule has 3 atom stereocenters. The first-order valence-electron chi connectivity index (χ1n) is 11.0. The molecule has 0 saturated carbocycles. The van der Waals surface area contributed by atoms with Gasteiger partial charge in [-0.25, -0.2) is 0 Å². The molecule has 0 aliphatic heterocycles. The minimum absolute atomic E-state index is 0.273. The SMILES string of the molecule is CC(=O)N[C@@H](/C=C/C(C)=C/c1ccccc1Cc1ccccc1)[C@H](C)C(=O)N[C@H](C)C(=O)O. The van der Waals surface area contributed by atoms with Gasteiger partial charge in [-0.1, -0.05) is 85.3 Å². The van der Waals surface area contributed by atoms with Gasteiger partial charge < -0.3 is 15.7 Å². The maximum Gasteiger partial charge on any atom is 0.325 e. The Bertz CT molecular complexity index is 1030. The quantitative estimate of drug-likeness (QED) is 0.479. The summed E-state index contributed by atoms with van der Waals surface area (Å²) in [4.78, 5) is 35.2. The van der Waals surface area contributed by atoms with E-state index in [2.05, 4.69) is 41.0 Å². The number of rotatable bonds is 10. The maximum absolute atomic E-state index is 12.5. The van der Waals surface area contributed by atoms with E-state index in [0.29, 0.717) is 0 Å². The van der Waals surface area contributed by atoms with Gasteiger partial charge in [-0.05, 0) is 37.0 Å². The lowest BCUT2D eigenvalue weighted by molar-refractivity contribution is -0.142. The van der Waals surface area contributed by atoms with Crippen LogP contribution in [0.15, 0.2) is 72.3 Å². The fourth-order valence-corrected chi connectivity index (χ4v) is 3.34. The minimum atomic E-state index is -1.12. The molecule has 6 nitrogen and oxygen atoms in total. The fraction of sp³-hybridized carbons (Fsp3) is 0.296. The summed E-state index contributed by atoms with van der Waals surface area (Å²) in [5.41, 5.74) is 4.48. The monoisotopic (exact) mass is 448 g/mol. The average Bonchev–Trinajstić information content (AvgIpc) is 2.77. The zero-order chi connectivity index (χ0) is 24.4. The van der Waals surface area contributed by atoms with E-state index < -0.39 is 29.9 Å². The first-order valence-corrected chi connectivity index (χ1v) is 11.0. The van der Waals surface area contributed by atoms with Crippen molar-refractivity contribution in [1.82, 2.24) is 10.6 Å². The third-order valence-corrected chi connectivity index (χ3v) is 5.29. The van der Waals surface area contributed by atoms with Crippen molar-refractivity contribution in [1.29, 1.82) is 0 Å². The van der Waals surface area contributed by atoms with Crippen LogP contribution in [0.3, 0.4) is 0 Å². The van der Waals surface area contributed by atoms with E-state index >= 15 is 0 Å². The van der Waals surface area contributed by atoms with E-state index in [4.69, 9.17) is 5.11 Å². The van der Waals surface area contributed by atoms with Gasteiger partial charge in [-0.3, -0.25) is 14.4 Å². The van der Waals surface area contributed by atoms with Crippen molar-refractivity contribution in [3.63, 3.8) is 0 Å². The van der Waals surface area contributed by atoms with Crippen molar-refractivity contribution in [3.8, 4) is 0 Å². The Balaban J connectivity index is 2.19. The molecule has 0 spiro atoms. The molecule has 0 fully saturated rings. The lowest BCUT2D eigenvalue weighted by Crippen LogP contribution is -2.47. The highest BCUT2D eigenvalue weighted by Gasteiger charge is 2.25. The van der Waals surface area contributed by atoms with Crippen LogP contribution in [0.25, 0.3) is 6.08 Å². The standard InChI is InChI=1S/C27H32N2O4/c1-18(16-23-12-8-9-13-24(23)17-22-10-6-5-7-11-22)14-15-25(29-21(4)30)19(2)26(31)28-20(3)27(32)33/h5-16,19-20,25H,17H2,1-4H3,(H,28,31)(H,29,30)(H,32,33)/b15-14+,18-16+/t19-,20+,25-/m0/s1. The third kappa shape index (κ3) is 8.41. The Labute approximate surface area is 195 Å². The molecule has 0 unspecified atom stereocenters. The van der Waals surface area contributed by atoms with Crippen molar-refractivity contribution in [2.45, 2.75) is 46.2 Å². The van der Waals surface area contributed by atoms with Gasteiger partial charge in [-0.2, -0.15) is 0 Å². The number of hydrogen-bond acceptors (Lipinski definition) is 3. The lowest BCUT2D eigenvalue weighted by Gasteiger charge is -2.22. The molecule has 33 heavy (non-hydrogen) atoms. The molecule has 2 aromatic rings.